The largest absolute Gasteiger partial charge is 0.462 e. The number of ether oxygens (including phenoxy) is 1. The number of nitrogens with zero attached hydrogens (tertiary/aromatic N) is 5. The molecule has 0 aliphatic carbocycles. The minimum absolute atomic E-state index is 0.316. The van der Waals surface area contributed by atoms with E-state index in [1.165, 1.54) is 11.8 Å². The summed E-state index contributed by atoms with van der Waals surface area (Å²) in [6.07, 6.45) is 3.45. The van der Waals surface area contributed by atoms with E-state index >= 15 is 0 Å². The Kier molecular flexibility index (Phi) is 5.76. The van der Waals surface area contributed by atoms with E-state index in [1.807, 2.05) is 54.9 Å². The normalized spacial score (nSPS) is 11.0. The van der Waals surface area contributed by atoms with Crippen molar-refractivity contribution in [1.82, 2.24) is 24.7 Å². The number of esters is 1. The minimum Gasteiger partial charge on any atom is -0.462 e. The van der Waals surface area contributed by atoms with Gasteiger partial charge in [-0.2, -0.15) is 0 Å². The molecule has 0 N–H and O–H groups in total. The molecule has 0 bridgehead atoms. The highest BCUT2D eigenvalue weighted by molar-refractivity contribution is 7.98. The van der Waals surface area contributed by atoms with Gasteiger partial charge >= 0.3 is 5.97 Å². The summed E-state index contributed by atoms with van der Waals surface area (Å²) < 4.78 is 7.24. The van der Waals surface area contributed by atoms with E-state index in [-0.39, 0.29) is 5.97 Å². The average Bonchev–Trinajstić information content (AvgIpc) is 3.13. The maximum atomic E-state index is 12.7. The van der Waals surface area contributed by atoms with Crippen LogP contribution >= 0.6 is 11.8 Å². The number of para-hydroxylation sites is 1. The lowest BCUT2D eigenvalue weighted by Crippen LogP contribution is -2.12. The Morgan fingerprint density at radius 1 is 1.13 bits per heavy atom. The van der Waals surface area contributed by atoms with Gasteiger partial charge in [-0.3, -0.25) is 9.97 Å². The van der Waals surface area contributed by atoms with Crippen LogP contribution in [0.1, 0.15) is 28.5 Å². The van der Waals surface area contributed by atoms with Crippen LogP contribution in [-0.2, 0) is 17.5 Å². The second-order valence-corrected chi connectivity index (χ2v) is 7.63. The van der Waals surface area contributed by atoms with Crippen LogP contribution in [0, 0.1) is 6.92 Å². The van der Waals surface area contributed by atoms with Gasteiger partial charge in [0.05, 0.1) is 23.4 Å². The van der Waals surface area contributed by atoms with Gasteiger partial charge in [0.1, 0.15) is 0 Å². The number of rotatable bonds is 6. The molecule has 7 nitrogen and oxygen atoms in total. The van der Waals surface area contributed by atoms with Crippen LogP contribution in [0.2, 0.25) is 0 Å². The minimum atomic E-state index is -0.348. The van der Waals surface area contributed by atoms with Gasteiger partial charge in [-0.05, 0) is 37.6 Å². The first-order valence-electron chi connectivity index (χ1n) is 9.58. The summed E-state index contributed by atoms with van der Waals surface area (Å²) in [6, 6.07) is 11.6. The second kappa shape index (κ2) is 8.62. The quantitative estimate of drug-likeness (QED) is 0.342. The summed E-state index contributed by atoms with van der Waals surface area (Å²) in [5, 5.41) is 10.3. The Labute approximate surface area is 178 Å². The summed E-state index contributed by atoms with van der Waals surface area (Å²) in [5.41, 5.74) is 3.89. The van der Waals surface area contributed by atoms with Crippen molar-refractivity contribution in [3.05, 3.63) is 65.6 Å². The molecule has 0 amide bonds. The van der Waals surface area contributed by atoms with Crippen molar-refractivity contribution in [2.75, 3.05) is 6.61 Å². The van der Waals surface area contributed by atoms with Crippen LogP contribution in [0.4, 0.5) is 0 Å². The molecule has 3 heterocycles. The molecule has 4 aromatic rings. The summed E-state index contributed by atoms with van der Waals surface area (Å²) in [5.74, 6) is 0.884. The van der Waals surface area contributed by atoms with E-state index < -0.39 is 0 Å². The monoisotopic (exact) mass is 419 g/mol. The molecule has 1 aromatic carbocycles. The van der Waals surface area contributed by atoms with E-state index in [0.29, 0.717) is 23.6 Å². The fraction of sp³-hybridized carbons (Fsp3) is 0.227. The fourth-order valence-corrected chi connectivity index (χ4v) is 4.20. The number of fused-ring (bicyclic) bond motifs is 1. The third kappa shape index (κ3) is 3.78. The lowest BCUT2D eigenvalue weighted by atomic mass is 10.0. The number of aromatic nitrogens is 5. The van der Waals surface area contributed by atoms with Gasteiger partial charge in [0.15, 0.2) is 11.0 Å². The number of carbonyl (C=O) groups is 1. The Hall–Kier alpha value is -3.26. The Morgan fingerprint density at radius 3 is 2.67 bits per heavy atom. The highest BCUT2D eigenvalue weighted by Crippen LogP contribution is 2.29. The van der Waals surface area contributed by atoms with E-state index in [4.69, 9.17) is 9.72 Å². The molecule has 30 heavy (non-hydrogen) atoms. The van der Waals surface area contributed by atoms with E-state index in [1.54, 1.807) is 19.3 Å². The van der Waals surface area contributed by atoms with E-state index in [0.717, 1.165) is 33.0 Å². The van der Waals surface area contributed by atoms with Gasteiger partial charge < -0.3 is 9.30 Å². The lowest BCUT2D eigenvalue weighted by Gasteiger charge is -2.13. The Balaban J connectivity index is 1.68. The van der Waals surface area contributed by atoms with Gasteiger partial charge in [-0.15, -0.1) is 10.2 Å². The van der Waals surface area contributed by atoms with Crippen molar-refractivity contribution in [2.24, 2.45) is 7.05 Å². The predicted octanol–water partition coefficient (Wildman–Crippen LogP) is 4.20. The van der Waals surface area contributed by atoms with Crippen molar-refractivity contribution in [3.8, 4) is 11.4 Å². The van der Waals surface area contributed by atoms with Gasteiger partial charge in [-0.1, -0.05) is 30.0 Å². The standard InChI is InChI=1S/C22H21N5O2S/c1-4-29-21(28)19-14(2)16-7-5-6-8-17(16)24-18(19)13-30-22-26-25-20(27(22)3)15-9-11-23-12-10-15/h5-12H,4,13H2,1-3H3. The zero-order valence-corrected chi connectivity index (χ0v) is 17.8. The van der Waals surface area contributed by atoms with Gasteiger partial charge in [0.25, 0.3) is 0 Å². The van der Waals surface area contributed by atoms with E-state index in [9.17, 15) is 4.79 Å². The summed E-state index contributed by atoms with van der Waals surface area (Å²) >= 11 is 1.49. The molecular weight excluding hydrogens is 398 g/mol. The number of hydrogen-bond donors (Lipinski definition) is 0. The Bertz CT molecular complexity index is 1210. The zero-order valence-electron chi connectivity index (χ0n) is 17.0. The molecule has 0 saturated carbocycles. The van der Waals surface area contributed by atoms with Crippen molar-refractivity contribution >= 4 is 28.6 Å². The van der Waals surface area contributed by atoms with Crippen LogP contribution in [-0.4, -0.2) is 37.3 Å². The van der Waals surface area contributed by atoms with Crippen molar-refractivity contribution < 1.29 is 9.53 Å². The van der Waals surface area contributed by atoms with Gasteiger partial charge in [0, 0.05) is 36.1 Å². The number of pyridine rings is 2. The number of aryl methyl sites for hydroxylation is 1. The zero-order chi connectivity index (χ0) is 21.1. The maximum absolute atomic E-state index is 12.7. The molecule has 8 heteroatoms. The molecule has 0 fully saturated rings. The van der Waals surface area contributed by atoms with E-state index in [2.05, 4.69) is 15.2 Å². The number of benzene rings is 1. The molecule has 4 rings (SSSR count). The Morgan fingerprint density at radius 2 is 1.90 bits per heavy atom. The molecule has 0 aliphatic heterocycles. The SMILES string of the molecule is CCOC(=O)c1c(CSc2nnc(-c3ccncc3)n2C)nc2ccccc2c1C. The van der Waals surface area contributed by atoms with Crippen LogP contribution < -0.4 is 0 Å². The van der Waals surface area contributed by atoms with Crippen LogP contribution in [0.15, 0.2) is 53.9 Å². The fourth-order valence-electron chi connectivity index (χ4n) is 3.35. The summed E-state index contributed by atoms with van der Waals surface area (Å²) in [6.45, 7) is 4.06. The molecule has 0 saturated heterocycles. The van der Waals surface area contributed by atoms with Crippen molar-refractivity contribution in [3.63, 3.8) is 0 Å². The summed E-state index contributed by atoms with van der Waals surface area (Å²) in [4.78, 5) is 21.5. The molecule has 152 valence electrons. The first-order valence-corrected chi connectivity index (χ1v) is 10.6. The maximum Gasteiger partial charge on any atom is 0.340 e. The highest BCUT2D eigenvalue weighted by Gasteiger charge is 2.21. The first kappa shape index (κ1) is 20.0. The second-order valence-electron chi connectivity index (χ2n) is 6.69. The molecular formula is C22H21N5O2S. The number of thioether (sulfide) groups is 1. The van der Waals surface area contributed by atoms with Crippen LogP contribution in [0.25, 0.3) is 22.3 Å². The molecule has 0 radical (unpaired) electrons. The third-order valence-electron chi connectivity index (χ3n) is 4.82. The number of hydrogen-bond acceptors (Lipinski definition) is 7. The van der Waals surface area contributed by atoms with Gasteiger partial charge in [-0.25, -0.2) is 4.79 Å². The third-order valence-corrected chi connectivity index (χ3v) is 5.85. The van der Waals surface area contributed by atoms with Crippen molar-refractivity contribution in [1.29, 1.82) is 0 Å². The van der Waals surface area contributed by atoms with Gasteiger partial charge in [0.2, 0.25) is 0 Å². The lowest BCUT2D eigenvalue weighted by molar-refractivity contribution is 0.0524. The van der Waals surface area contributed by atoms with Crippen LogP contribution in [0.3, 0.4) is 0 Å². The number of carbonyl (C=O) groups excluding carboxylic acids is 1. The predicted molar refractivity (Wildman–Crippen MR) is 116 cm³/mol. The summed E-state index contributed by atoms with van der Waals surface area (Å²) in [7, 11) is 1.92. The molecule has 0 atom stereocenters. The first-order chi connectivity index (χ1) is 14.6. The average molecular weight is 420 g/mol. The topological polar surface area (TPSA) is 82.8 Å². The van der Waals surface area contributed by atoms with Crippen LogP contribution in [0.5, 0.6) is 0 Å². The molecule has 0 unspecified atom stereocenters. The molecule has 0 spiro atoms. The smallest absolute Gasteiger partial charge is 0.340 e. The van der Waals surface area contributed by atoms with Crippen molar-refractivity contribution in [2.45, 2.75) is 24.8 Å². The molecule has 3 aromatic heterocycles. The highest BCUT2D eigenvalue weighted by atomic mass is 32.2. The molecule has 0 aliphatic rings.